The molecule has 0 aromatic heterocycles. The van der Waals surface area contributed by atoms with E-state index in [1.807, 2.05) is 0 Å². The lowest BCUT2D eigenvalue weighted by Crippen LogP contribution is -1.82. The molecular weight excluding hydrogens is 415 g/mol. The van der Waals surface area contributed by atoms with Crippen molar-refractivity contribution in [2.24, 2.45) is 0 Å². The summed E-state index contributed by atoms with van der Waals surface area (Å²) in [5.74, 6) is 6.61. The van der Waals surface area contributed by atoms with E-state index in [-0.39, 0.29) is 0 Å². The molecule has 1 radical (unpaired) electrons. The molecule has 0 aliphatic rings. The molecule has 0 spiro atoms. The van der Waals surface area contributed by atoms with Crippen LogP contribution in [0.5, 0.6) is 0 Å². The van der Waals surface area contributed by atoms with Crippen LogP contribution in [0.15, 0.2) is 0 Å². The van der Waals surface area contributed by atoms with Crippen LogP contribution >= 0.6 is 8.58 Å². The second-order valence-electron chi connectivity index (χ2n) is 9.97. The monoisotopic (exact) mass is 473 g/mol. The Hall–Kier alpha value is -0.450. The van der Waals surface area contributed by atoms with E-state index in [2.05, 4.69) is 37.0 Å². The van der Waals surface area contributed by atoms with Gasteiger partial charge in [-0.1, -0.05) is 178 Å². The molecule has 0 nitrogen and oxygen atoms in total. The summed E-state index contributed by atoms with van der Waals surface area (Å²) in [6.45, 7) is 4.58. The Balaban J connectivity index is 3.20. The van der Waals surface area contributed by atoms with Gasteiger partial charge in [0.2, 0.25) is 0 Å². The van der Waals surface area contributed by atoms with Crippen LogP contribution in [-0.4, -0.2) is 0 Å². The van der Waals surface area contributed by atoms with Gasteiger partial charge in [0.05, 0.1) is 8.58 Å². The molecule has 0 unspecified atom stereocenters. The molecule has 0 aromatic carbocycles. The Labute approximate surface area is 212 Å². The molecule has 0 aliphatic carbocycles. The Morgan fingerprint density at radius 1 is 0.333 bits per heavy atom. The molecule has 0 atom stereocenters. The number of hydrogen-bond donors (Lipinski definition) is 0. The fraction of sp³-hybridized carbons (Fsp3) is 0.875. The topological polar surface area (TPSA) is 0 Å². The van der Waals surface area contributed by atoms with Crippen LogP contribution in [0.25, 0.3) is 0 Å². The Morgan fingerprint density at radius 3 is 0.848 bits per heavy atom. The normalized spacial score (nSPS) is 10.5. The summed E-state index contributed by atoms with van der Waals surface area (Å²) in [5.41, 5.74) is 6.44. The maximum atomic E-state index is 3.31. The molecule has 0 fully saturated rings. The summed E-state index contributed by atoms with van der Waals surface area (Å²) < 4.78 is 0. The average Bonchev–Trinajstić information content (AvgIpc) is 2.83. The van der Waals surface area contributed by atoms with E-state index >= 15 is 0 Å². The van der Waals surface area contributed by atoms with Gasteiger partial charge in [0.15, 0.2) is 0 Å². The molecular formula is C32H58P. The van der Waals surface area contributed by atoms with E-state index < -0.39 is 0 Å². The Bertz CT molecular complexity index is 428. The minimum Gasteiger partial charge on any atom is -0.0972 e. The minimum absolute atomic E-state index is 1.02. The van der Waals surface area contributed by atoms with Crippen molar-refractivity contribution < 1.29 is 0 Å². The van der Waals surface area contributed by atoms with Gasteiger partial charge in [-0.05, 0) is 12.8 Å². The SMILES string of the molecule is CCCCCCCCCCCCCCC#C[P]C#CCCCCCCCCCCCCCC. The molecule has 0 bridgehead atoms. The van der Waals surface area contributed by atoms with Gasteiger partial charge >= 0.3 is 0 Å². The first-order valence-corrected chi connectivity index (χ1v) is 16.0. The second kappa shape index (κ2) is 31.5. The number of unbranched alkanes of at least 4 members (excludes halogenated alkanes) is 24. The van der Waals surface area contributed by atoms with E-state index in [0.29, 0.717) is 0 Å². The second-order valence-corrected chi connectivity index (χ2v) is 10.6. The van der Waals surface area contributed by atoms with Gasteiger partial charge in [0, 0.05) is 12.8 Å². The predicted molar refractivity (Wildman–Crippen MR) is 154 cm³/mol. The van der Waals surface area contributed by atoms with E-state index in [0.717, 1.165) is 21.4 Å². The highest BCUT2D eigenvalue weighted by Crippen LogP contribution is 2.14. The molecule has 0 saturated heterocycles. The number of rotatable bonds is 24. The first-order chi connectivity index (χ1) is 16.4. The zero-order chi connectivity index (χ0) is 23.9. The molecule has 0 aliphatic heterocycles. The van der Waals surface area contributed by atoms with Crippen LogP contribution in [0, 0.1) is 23.2 Å². The third-order valence-corrected chi connectivity index (χ3v) is 7.12. The molecule has 0 saturated carbocycles. The van der Waals surface area contributed by atoms with Crippen molar-refractivity contribution in [2.45, 2.75) is 181 Å². The summed E-state index contributed by atoms with van der Waals surface area (Å²) in [5, 5.41) is 0. The van der Waals surface area contributed by atoms with Crippen LogP contribution in [0.3, 0.4) is 0 Å². The Morgan fingerprint density at radius 2 is 0.576 bits per heavy atom. The fourth-order valence-corrected chi connectivity index (χ4v) is 4.77. The van der Waals surface area contributed by atoms with Crippen LogP contribution in [0.4, 0.5) is 0 Å². The van der Waals surface area contributed by atoms with Crippen molar-refractivity contribution in [3.8, 4) is 23.2 Å². The lowest BCUT2D eigenvalue weighted by Gasteiger charge is -2.01. The van der Waals surface area contributed by atoms with Gasteiger partial charge in [-0.25, -0.2) is 0 Å². The molecule has 0 amide bonds. The summed E-state index contributed by atoms with van der Waals surface area (Å²) in [6.07, 6.45) is 36.0. The van der Waals surface area contributed by atoms with Crippen LogP contribution < -0.4 is 0 Å². The third kappa shape index (κ3) is 31.5. The standard InChI is InChI=1S/C32H58P/c1-3-5-7-9-11-13-15-17-19-21-23-25-27-29-31-33-32-30-28-26-24-22-20-18-16-14-12-10-8-6-4-2/h3-28H2,1-2H3. The van der Waals surface area contributed by atoms with Crippen LogP contribution in [-0.2, 0) is 0 Å². The highest BCUT2D eigenvalue weighted by molar-refractivity contribution is 7.49. The maximum Gasteiger partial charge on any atom is 0.0995 e. The van der Waals surface area contributed by atoms with Crippen LogP contribution in [0.1, 0.15) is 181 Å². The Kier molecular flexibility index (Phi) is 31.1. The third-order valence-electron chi connectivity index (χ3n) is 6.58. The molecule has 0 N–H and O–H groups in total. The molecule has 33 heavy (non-hydrogen) atoms. The van der Waals surface area contributed by atoms with E-state index in [1.54, 1.807) is 0 Å². The zero-order valence-electron chi connectivity index (χ0n) is 22.8. The highest BCUT2D eigenvalue weighted by atomic mass is 31.1. The van der Waals surface area contributed by atoms with Crippen LogP contribution in [0.2, 0.25) is 0 Å². The van der Waals surface area contributed by atoms with E-state index in [1.165, 1.54) is 154 Å². The van der Waals surface area contributed by atoms with Crippen molar-refractivity contribution in [1.29, 1.82) is 0 Å². The maximum absolute atomic E-state index is 3.31. The first kappa shape index (κ1) is 32.5. The first-order valence-electron chi connectivity index (χ1n) is 15.1. The number of hydrogen-bond acceptors (Lipinski definition) is 0. The van der Waals surface area contributed by atoms with Gasteiger partial charge in [0.1, 0.15) is 0 Å². The van der Waals surface area contributed by atoms with Gasteiger partial charge < -0.3 is 0 Å². The summed E-state index contributed by atoms with van der Waals surface area (Å²) in [7, 11) is 1.02. The average molecular weight is 474 g/mol. The summed E-state index contributed by atoms with van der Waals surface area (Å²) in [4.78, 5) is 0. The van der Waals surface area contributed by atoms with E-state index in [9.17, 15) is 0 Å². The molecule has 0 heterocycles. The molecule has 1 heteroatoms. The van der Waals surface area contributed by atoms with Crippen molar-refractivity contribution >= 4 is 8.58 Å². The lowest BCUT2D eigenvalue weighted by atomic mass is 10.0. The molecule has 191 valence electrons. The largest absolute Gasteiger partial charge is 0.0995 e. The van der Waals surface area contributed by atoms with Gasteiger partial charge in [0.25, 0.3) is 0 Å². The highest BCUT2D eigenvalue weighted by Gasteiger charge is 1.94. The fourth-order valence-electron chi connectivity index (χ4n) is 4.33. The van der Waals surface area contributed by atoms with Crippen molar-refractivity contribution in [3.05, 3.63) is 0 Å². The van der Waals surface area contributed by atoms with Gasteiger partial charge in [-0.3, -0.25) is 0 Å². The predicted octanol–water partition coefficient (Wildman–Crippen LogP) is 12.0. The van der Waals surface area contributed by atoms with Gasteiger partial charge in [-0.2, -0.15) is 0 Å². The summed E-state index contributed by atoms with van der Waals surface area (Å²) >= 11 is 0. The van der Waals surface area contributed by atoms with Crippen molar-refractivity contribution in [2.75, 3.05) is 0 Å². The quantitative estimate of drug-likeness (QED) is 0.0742. The molecule has 0 aromatic rings. The zero-order valence-corrected chi connectivity index (χ0v) is 23.7. The van der Waals surface area contributed by atoms with E-state index in [4.69, 9.17) is 0 Å². The van der Waals surface area contributed by atoms with Crippen molar-refractivity contribution in [3.63, 3.8) is 0 Å². The molecule has 0 rings (SSSR count). The van der Waals surface area contributed by atoms with Crippen molar-refractivity contribution in [1.82, 2.24) is 0 Å². The van der Waals surface area contributed by atoms with Gasteiger partial charge in [-0.15, -0.1) is 0 Å². The smallest absolute Gasteiger partial charge is 0.0972 e. The lowest BCUT2D eigenvalue weighted by molar-refractivity contribution is 0.545. The minimum atomic E-state index is 1.02. The summed E-state index contributed by atoms with van der Waals surface area (Å²) in [6, 6.07) is 0.